The first-order valence-electron chi connectivity index (χ1n) is 8.91. The van der Waals surface area contributed by atoms with Crippen LogP contribution in [0, 0.1) is 0 Å². The van der Waals surface area contributed by atoms with Crippen molar-refractivity contribution >= 4 is 41.5 Å². The van der Waals surface area contributed by atoms with E-state index in [1.54, 1.807) is 0 Å². The molecule has 0 aromatic heterocycles. The highest BCUT2D eigenvalue weighted by Gasteiger charge is 2.26. The Hall–Kier alpha value is -3.75. The molecule has 0 aliphatic rings. The number of hydrogen-bond donors (Lipinski definition) is 8. The third kappa shape index (κ3) is 12.4. The smallest absolute Gasteiger partial charge is 0.326 e. The summed E-state index contributed by atoms with van der Waals surface area (Å²) in [6, 6.07) is -4.38. The van der Waals surface area contributed by atoms with E-state index >= 15 is 0 Å². The van der Waals surface area contributed by atoms with Crippen LogP contribution in [0.5, 0.6) is 0 Å². The molecule has 0 saturated heterocycles. The minimum absolute atomic E-state index is 0.275. The Bertz CT molecular complexity index is 726. The SMILES string of the molecule is NC(=O)CCC(NC(=O)CNC(=O)C(CCC(=O)O)NC(=O)C(N)CC(=O)O)C(=O)O. The van der Waals surface area contributed by atoms with Gasteiger partial charge in [0.1, 0.15) is 12.1 Å². The number of carboxylic acid groups (broad SMARTS) is 3. The first-order chi connectivity index (χ1) is 14.3. The monoisotopic (exact) mass is 447 g/mol. The number of nitrogens with two attached hydrogens (primary N) is 2. The molecule has 15 heteroatoms. The Morgan fingerprint density at radius 3 is 1.84 bits per heavy atom. The van der Waals surface area contributed by atoms with Gasteiger partial charge in [-0.15, -0.1) is 0 Å². The van der Waals surface area contributed by atoms with E-state index in [0.29, 0.717) is 0 Å². The molecule has 10 N–H and O–H groups in total. The van der Waals surface area contributed by atoms with Crippen LogP contribution in [-0.4, -0.2) is 81.5 Å². The van der Waals surface area contributed by atoms with Crippen molar-refractivity contribution in [3.8, 4) is 0 Å². The first kappa shape index (κ1) is 27.2. The average molecular weight is 447 g/mol. The molecule has 0 aliphatic carbocycles. The average Bonchev–Trinajstić information content (AvgIpc) is 2.64. The van der Waals surface area contributed by atoms with Crippen molar-refractivity contribution < 1.29 is 48.9 Å². The lowest BCUT2D eigenvalue weighted by molar-refractivity contribution is -0.142. The Balaban J connectivity index is 4.92. The summed E-state index contributed by atoms with van der Waals surface area (Å²) >= 11 is 0. The second kappa shape index (κ2) is 13.5. The quantitative estimate of drug-likeness (QED) is 0.120. The number of nitrogens with one attached hydrogen (secondary N) is 3. The highest BCUT2D eigenvalue weighted by molar-refractivity contribution is 5.93. The van der Waals surface area contributed by atoms with E-state index < -0.39 is 79.0 Å². The second-order valence-electron chi connectivity index (χ2n) is 6.38. The molecule has 3 atom stereocenters. The van der Waals surface area contributed by atoms with E-state index in [1.807, 2.05) is 0 Å². The molecule has 0 aromatic carbocycles. The lowest BCUT2D eigenvalue weighted by Gasteiger charge is -2.20. The lowest BCUT2D eigenvalue weighted by atomic mass is 10.1. The maximum absolute atomic E-state index is 12.2. The number of amides is 4. The molecule has 0 radical (unpaired) electrons. The van der Waals surface area contributed by atoms with Crippen LogP contribution in [0.2, 0.25) is 0 Å². The number of primary amides is 1. The summed E-state index contributed by atoms with van der Waals surface area (Å²) in [5.74, 6) is -7.78. The molecule has 0 heterocycles. The molecule has 0 aromatic rings. The fraction of sp³-hybridized carbons (Fsp3) is 0.562. The summed E-state index contributed by atoms with van der Waals surface area (Å²) in [5, 5.41) is 32.7. The van der Waals surface area contributed by atoms with Gasteiger partial charge in [0.15, 0.2) is 0 Å². The predicted molar refractivity (Wildman–Crippen MR) is 100 cm³/mol. The van der Waals surface area contributed by atoms with Crippen molar-refractivity contribution in [1.82, 2.24) is 16.0 Å². The minimum Gasteiger partial charge on any atom is -0.481 e. The molecule has 3 unspecified atom stereocenters. The Morgan fingerprint density at radius 1 is 0.774 bits per heavy atom. The van der Waals surface area contributed by atoms with Crippen molar-refractivity contribution in [2.45, 2.75) is 50.2 Å². The number of rotatable bonds is 15. The molecular formula is C16H25N5O10. The van der Waals surface area contributed by atoms with Crippen LogP contribution in [0.15, 0.2) is 0 Å². The zero-order valence-electron chi connectivity index (χ0n) is 16.3. The van der Waals surface area contributed by atoms with Gasteiger partial charge in [-0.3, -0.25) is 28.8 Å². The minimum atomic E-state index is -1.50. The molecular weight excluding hydrogens is 422 g/mol. The van der Waals surface area contributed by atoms with Crippen LogP contribution in [0.25, 0.3) is 0 Å². The molecule has 15 nitrogen and oxygen atoms in total. The number of carboxylic acids is 3. The van der Waals surface area contributed by atoms with Crippen molar-refractivity contribution in [3.63, 3.8) is 0 Å². The molecule has 0 aliphatic heterocycles. The Labute approximate surface area is 175 Å². The summed E-state index contributed by atoms with van der Waals surface area (Å²) in [7, 11) is 0. The Kier molecular flexibility index (Phi) is 11.8. The maximum Gasteiger partial charge on any atom is 0.326 e. The fourth-order valence-corrected chi connectivity index (χ4v) is 2.18. The maximum atomic E-state index is 12.2. The molecule has 174 valence electrons. The van der Waals surface area contributed by atoms with E-state index in [-0.39, 0.29) is 19.3 Å². The van der Waals surface area contributed by atoms with Crippen LogP contribution in [0.4, 0.5) is 0 Å². The third-order valence-corrected chi connectivity index (χ3v) is 3.75. The van der Waals surface area contributed by atoms with Gasteiger partial charge in [-0.2, -0.15) is 0 Å². The van der Waals surface area contributed by atoms with Gasteiger partial charge in [0.05, 0.1) is 19.0 Å². The third-order valence-electron chi connectivity index (χ3n) is 3.75. The van der Waals surface area contributed by atoms with E-state index in [0.717, 1.165) is 0 Å². The van der Waals surface area contributed by atoms with E-state index in [1.165, 1.54) is 0 Å². The molecule has 4 amide bonds. The number of carbonyl (C=O) groups excluding carboxylic acids is 4. The van der Waals surface area contributed by atoms with Gasteiger partial charge in [-0.25, -0.2) is 4.79 Å². The summed E-state index contributed by atoms with van der Waals surface area (Å²) in [5.41, 5.74) is 10.3. The van der Waals surface area contributed by atoms with Crippen LogP contribution in [0.1, 0.15) is 32.1 Å². The summed E-state index contributed by atoms with van der Waals surface area (Å²) < 4.78 is 0. The molecule has 0 fully saturated rings. The van der Waals surface area contributed by atoms with Gasteiger partial charge in [0.25, 0.3) is 0 Å². The highest BCUT2D eigenvalue weighted by Crippen LogP contribution is 2.01. The zero-order valence-corrected chi connectivity index (χ0v) is 16.3. The summed E-state index contributed by atoms with van der Waals surface area (Å²) in [4.78, 5) is 79.2. The van der Waals surface area contributed by atoms with Crippen LogP contribution in [-0.2, 0) is 33.6 Å². The molecule has 31 heavy (non-hydrogen) atoms. The second-order valence-corrected chi connectivity index (χ2v) is 6.38. The van der Waals surface area contributed by atoms with Gasteiger partial charge in [-0.05, 0) is 12.8 Å². The van der Waals surface area contributed by atoms with Gasteiger partial charge in [-0.1, -0.05) is 0 Å². The predicted octanol–water partition coefficient (Wildman–Crippen LogP) is -3.91. The van der Waals surface area contributed by atoms with E-state index in [4.69, 9.17) is 26.8 Å². The summed E-state index contributed by atoms with van der Waals surface area (Å²) in [6.45, 7) is -0.722. The molecule has 0 rings (SSSR count). The normalized spacial score (nSPS) is 13.2. The van der Waals surface area contributed by atoms with Crippen LogP contribution >= 0.6 is 0 Å². The standard InChI is InChI=1S/C16H25N5O10/c17-7(5-13(26)27)14(28)21-8(2-4-12(24)25)15(29)19-6-11(23)20-9(16(30)31)1-3-10(18)22/h7-9H,1-6,17H2,(H2,18,22)(H,19,29)(H,20,23)(H,21,28)(H,24,25)(H,26,27)(H,30,31). The van der Waals surface area contributed by atoms with Crippen molar-refractivity contribution in [2.24, 2.45) is 11.5 Å². The van der Waals surface area contributed by atoms with Gasteiger partial charge in [0, 0.05) is 12.8 Å². The molecule has 0 saturated carbocycles. The fourth-order valence-electron chi connectivity index (χ4n) is 2.18. The largest absolute Gasteiger partial charge is 0.481 e. The van der Waals surface area contributed by atoms with Crippen molar-refractivity contribution in [3.05, 3.63) is 0 Å². The number of hydrogen-bond acceptors (Lipinski definition) is 8. The van der Waals surface area contributed by atoms with Gasteiger partial charge >= 0.3 is 17.9 Å². The zero-order chi connectivity index (χ0) is 24.1. The van der Waals surface area contributed by atoms with Crippen molar-refractivity contribution in [1.29, 1.82) is 0 Å². The lowest BCUT2D eigenvalue weighted by Crippen LogP contribution is -2.53. The van der Waals surface area contributed by atoms with Crippen LogP contribution < -0.4 is 27.4 Å². The first-order valence-corrected chi connectivity index (χ1v) is 8.91. The van der Waals surface area contributed by atoms with E-state index in [2.05, 4.69) is 16.0 Å². The molecule has 0 spiro atoms. The summed E-state index contributed by atoms with van der Waals surface area (Å²) in [6.07, 6.45) is -2.23. The highest BCUT2D eigenvalue weighted by atomic mass is 16.4. The van der Waals surface area contributed by atoms with Gasteiger partial charge < -0.3 is 42.7 Å². The van der Waals surface area contributed by atoms with Crippen molar-refractivity contribution in [2.75, 3.05) is 6.54 Å². The topological polar surface area (TPSA) is 268 Å². The van der Waals surface area contributed by atoms with Crippen LogP contribution in [0.3, 0.4) is 0 Å². The number of carbonyl (C=O) groups is 7. The Morgan fingerprint density at radius 2 is 1.35 bits per heavy atom. The number of aliphatic carboxylic acids is 3. The molecule has 0 bridgehead atoms. The van der Waals surface area contributed by atoms with E-state index in [9.17, 15) is 33.6 Å². The van der Waals surface area contributed by atoms with Gasteiger partial charge in [0.2, 0.25) is 23.6 Å².